The van der Waals surface area contributed by atoms with E-state index in [9.17, 15) is 0 Å². The fourth-order valence-corrected chi connectivity index (χ4v) is 9.46. The SMILES string of the molecule is CC1(C)c2ccccc2-c2cc(-c3ccc(N(c4cccc(-c5ccccc5)c4-c4ccccc4-c4ccccc4)c4cccc5c4oc4ccccc45)cc3)ccc21. The molecule has 9 aromatic carbocycles. The molecule has 59 heavy (non-hydrogen) atoms. The molecule has 1 aromatic heterocycles. The second kappa shape index (κ2) is 13.9. The van der Waals surface area contributed by atoms with Crippen molar-refractivity contribution in [2.24, 2.45) is 0 Å². The van der Waals surface area contributed by atoms with Gasteiger partial charge in [0.2, 0.25) is 0 Å². The topological polar surface area (TPSA) is 16.4 Å². The fraction of sp³-hybridized carbons (Fsp3) is 0.0526. The van der Waals surface area contributed by atoms with Crippen LogP contribution in [0.15, 0.2) is 217 Å². The lowest BCUT2D eigenvalue weighted by Gasteiger charge is -2.30. The standard InChI is InChI=1S/C57H41NO/c1-57(2)50-27-13-11-22-45(50)49-37-41(33-36-51(49)57)38-31-34-42(35-32-38)58(53-29-16-26-48-46-23-12-14-30-54(46)59-56(48)53)52-28-15-25-44(40-19-7-4-8-20-40)55(52)47-24-10-9-21-43(47)39-17-5-3-6-18-39/h3-37H,1-2H3. The number of fused-ring (bicyclic) bond motifs is 6. The summed E-state index contributed by atoms with van der Waals surface area (Å²) >= 11 is 0. The number of anilines is 3. The van der Waals surface area contributed by atoms with Crippen LogP contribution in [0.4, 0.5) is 17.1 Å². The van der Waals surface area contributed by atoms with Gasteiger partial charge in [-0.25, -0.2) is 0 Å². The van der Waals surface area contributed by atoms with Gasteiger partial charge in [-0.2, -0.15) is 0 Å². The minimum atomic E-state index is -0.0301. The number of hydrogen-bond acceptors (Lipinski definition) is 2. The summed E-state index contributed by atoms with van der Waals surface area (Å²) in [6, 6.07) is 76.8. The molecular formula is C57H41NO. The van der Waals surface area contributed by atoms with Crippen molar-refractivity contribution in [1.29, 1.82) is 0 Å². The zero-order valence-electron chi connectivity index (χ0n) is 33.1. The lowest BCUT2D eigenvalue weighted by molar-refractivity contribution is 0.660. The van der Waals surface area contributed by atoms with E-state index in [1.807, 2.05) is 6.07 Å². The maximum atomic E-state index is 6.80. The van der Waals surface area contributed by atoms with E-state index in [0.29, 0.717) is 0 Å². The molecule has 280 valence electrons. The van der Waals surface area contributed by atoms with E-state index in [1.165, 1.54) is 44.5 Å². The molecule has 0 atom stereocenters. The van der Waals surface area contributed by atoms with Crippen LogP contribution in [0.2, 0.25) is 0 Å². The predicted octanol–water partition coefficient (Wildman–Crippen LogP) is 16.0. The summed E-state index contributed by atoms with van der Waals surface area (Å²) in [5.41, 5.74) is 19.6. The first-order valence-electron chi connectivity index (χ1n) is 20.4. The second-order valence-electron chi connectivity index (χ2n) is 16.0. The first-order chi connectivity index (χ1) is 29.0. The van der Waals surface area contributed by atoms with Gasteiger partial charge in [0, 0.05) is 27.4 Å². The molecule has 0 saturated carbocycles. The van der Waals surface area contributed by atoms with Crippen LogP contribution in [-0.2, 0) is 5.41 Å². The highest BCUT2D eigenvalue weighted by Gasteiger charge is 2.35. The van der Waals surface area contributed by atoms with Crippen molar-refractivity contribution in [2.45, 2.75) is 19.3 Å². The molecule has 0 unspecified atom stereocenters. The molecule has 0 spiro atoms. The summed E-state index contributed by atoms with van der Waals surface area (Å²) in [6.07, 6.45) is 0. The van der Waals surface area contributed by atoms with Gasteiger partial charge >= 0.3 is 0 Å². The average molecular weight is 756 g/mol. The molecule has 11 rings (SSSR count). The average Bonchev–Trinajstić information content (AvgIpc) is 3.79. The molecule has 10 aromatic rings. The third-order valence-corrected chi connectivity index (χ3v) is 12.3. The molecule has 0 radical (unpaired) electrons. The molecular weight excluding hydrogens is 715 g/mol. The number of para-hydroxylation sites is 2. The highest BCUT2D eigenvalue weighted by molar-refractivity contribution is 6.11. The van der Waals surface area contributed by atoms with Crippen LogP contribution in [0.25, 0.3) is 77.6 Å². The molecule has 0 N–H and O–H groups in total. The smallest absolute Gasteiger partial charge is 0.159 e. The van der Waals surface area contributed by atoms with Crippen LogP contribution in [0.3, 0.4) is 0 Å². The Hall–Kier alpha value is -7.42. The van der Waals surface area contributed by atoms with E-state index < -0.39 is 0 Å². The molecule has 1 aliphatic rings. The summed E-state index contributed by atoms with van der Waals surface area (Å²) < 4.78 is 6.80. The van der Waals surface area contributed by atoms with Crippen molar-refractivity contribution in [3.63, 3.8) is 0 Å². The third-order valence-electron chi connectivity index (χ3n) is 12.3. The van der Waals surface area contributed by atoms with Gasteiger partial charge in [0.15, 0.2) is 5.58 Å². The van der Waals surface area contributed by atoms with E-state index in [1.54, 1.807) is 0 Å². The van der Waals surface area contributed by atoms with E-state index in [0.717, 1.165) is 61.3 Å². The molecule has 0 aliphatic heterocycles. The molecule has 0 fully saturated rings. The summed E-state index contributed by atoms with van der Waals surface area (Å²) in [6.45, 7) is 4.67. The van der Waals surface area contributed by atoms with Gasteiger partial charge in [0.05, 0.1) is 11.4 Å². The lowest BCUT2D eigenvalue weighted by atomic mass is 9.82. The van der Waals surface area contributed by atoms with Crippen molar-refractivity contribution in [2.75, 3.05) is 4.90 Å². The molecule has 2 heteroatoms. The van der Waals surface area contributed by atoms with Crippen LogP contribution < -0.4 is 4.90 Å². The zero-order chi connectivity index (χ0) is 39.5. The summed E-state index contributed by atoms with van der Waals surface area (Å²) in [4.78, 5) is 2.40. The second-order valence-corrected chi connectivity index (χ2v) is 16.0. The Balaban J connectivity index is 1.15. The van der Waals surface area contributed by atoms with Gasteiger partial charge in [-0.15, -0.1) is 0 Å². The van der Waals surface area contributed by atoms with Crippen molar-refractivity contribution in [3.8, 4) is 55.6 Å². The Labute approximate surface area is 345 Å². The van der Waals surface area contributed by atoms with Gasteiger partial charge in [-0.05, 0) is 97.6 Å². The van der Waals surface area contributed by atoms with Crippen molar-refractivity contribution < 1.29 is 4.42 Å². The molecule has 0 bridgehead atoms. The van der Waals surface area contributed by atoms with Crippen LogP contribution in [0, 0.1) is 0 Å². The Morgan fingerprint density at radius 1 is 0.373 bits per heavy atom. The summed E-state index contributed by atoms with van der Waals surface area (Å²) in [5.74, 6) is 0. The minimum absolute atomic E-state index is 0.0301. The first-order valence-corrected chi connectivity index (χ1v) is 20.4. The van der Waals surface area contributed by atoms with E-state index in [-0.39, 0.29) is 5.41 Å². The van der Waals surface area contributed by atoms with Gasteiger partial charge in [0.25, 0.3) is 0 Å². The number of hydrogen-bond donors (Lipinski definition) is 0. The summed E-state index contributed by atoms with van der Waals surface area (Å²) in [5, 5.41) is 2.19. The van der Waals surface area contributed by atoms with Crippen LogP contribution in [0.1, 0.15) is 25.0 Å². The lowest BCUT2D eigenvalue weighted by Crippen LogP contribution is -2.14. The normalized spacial score (nSPS) is 12.7. The molecule has 2 nitrogen and oxygen atoms in total. The largest absolute Gasteiger partial charge is 0.454 e. The fourth-order valence-electron chi connectivity index (χ4n) is 9.46. The molecule has 0 amide bonds. The van der Waals surface area contributed by atoms with E-state index in [4.69, 9.17) is 4.42 Å². The summed E-state index contributed by atoms with van der Waals surface area (Å²) in [7, 11) is 0. The Kier molecular flexibility index (Phi) is 8.20. The molecule has 0 saturated heterocycles. The minimum Gasteiger partial charge on any atom is -0.454 e. The van der Waals surface area contributed by atoms with E-state index in [2.05, 4.69) is 225 Å². The Morgan fingerprint density at radius 2 is 0.932 bits per heavy atom. The third kappa shape index (κ3) is 5.71. The number of furan rings is 1. The van der Waals surface area contributed by atoms with Crippen LogP contribution >= 0.6 is 0 Å². The van der Waals surface area contributed by atoms with Gasteiger partial charge in [-0.1, -0.05) is 190 Å². The van der Waals surface area contributed by atoms with Crippen LogP contribution in [0.5, 0.6) is 0 Å². The highest BCUT2D eigenvalue weighted by atomic mass is 16.3. The predicted molar refractivity (Wildman–Crippen MR) is 248 cm³/mol. The maximum absolute atomic E-state index is 6.80. The highest BCUT2D eigenvalue weighted by Crippen LogP contribution is 2.52. The van der Waals surface area contributed by atoms with Crippen molar-refractivity contribution in [1.82, 2.24) is 0 Å². The Bertz CT molecular complexity index is 3170. The van der Waals surface area contributed by atoms with Crippen LogP contribution in [-0.4, -0.2) is 0 Å². The quantitative estimate of drug-likeness (QED) is 0.161. The first kappa shape index (κ1) is 34.8. The van der Waals surface area contributed by atoms with E-state index >= 15 is 0 Å². The molecule has 1 aliphatic carbocycles. The van der Waals surface area contributed by atoms with Gasteiger partial charge in [0.1, 0.15) is 5.58 Å². The van der Waals surface area contributed by atoms with Gasteiger partial charge in [-0.3, -0.25) is 0 Å². The number of rotatable bonds is 7. The Morgan fingerprint density at radius 3 is 1.71 bits per heavy atom. The monoisotopic (exact) mass is 755 g/mol. The zero-order valence-corrected chi connectivity index (χ0v) is 33.1. The van der Waals surface area contributed by atoms with Crippen molar-refractivity contribution >= 4 is 39.0 Å². The number of benzene rings is 9. The maximum Gasteiger partial charge on any atom is 0.159 e. The number of nitrogens with zero attached hydrogens (tertiary/aromatic N) is 1. The van der Waals surface area contributed by atoms with Crippen molar-refractivity contribution in [3.05, 3.63) is 223 Å². The molecule has 1 heterocycles. The van der Waals surface area contributed by atoms with Gasteiger partial charge < -0.3 is 9.32 Å².